The Balaban J connectivity index is 1.80. The fourth-order valence-electron chi connectivity index (χ4n) is 3.63. The van der Waals surface area contributed by atoms with Crippen molar-refractivity contribution in [3.8, 4) is 0 Å². The van der Waals surface area contributed by atoms with Crippen LogP contribution in [0.25, 0.3) is 10.9 Å². The first-order valence-electron chi connectivity index (χ1n) is 8.08. The Morgan fingerprint density at radius 3 is 2.59 bits per heavy atom. The molecule has 0 amide bonds. The second-order valence-corrected chi connectivity index (χ2v) is 8.29. The van der Waals surface area contributed by atoms with E-state index in [4.69, 9.17) is 0 Å². The number of nitrogens with zero attached hydrogens (tertiary/aromatic N) is 1. The molecule has 3 rings (SSSR count). The maximum atomic E-state index is 12.2. The van der Waals surface area contributed by atoms with E-state index in [-0.39, 0.29) is 5.75 Å². The molecule has 1 fully saturated rings. The van der Waals surface area contributed by atoms with Gasteiger partial charge < -0.3 is 4.98 Å². The second kappa shape index (κ2) is 6.05. The molecule has 1 aromatic carbocycles. The van der Waals surface area contributed by atoms with Gasteiger partial charge in [0.25, 0.3) is 0 Å². The van der Waals surface area contributed by atoms with Gasteiger partial charge in [0.1, 0.15) is 0 Å². The highest BCUT2D eigenvalue weighted by molar-refractivity contribution is 7.89. The molecule has 2 heterocycles. The summed E-state index contributed by atoms with van der Waals surface area (Å²) in [6, 6.07) is 8.38. The Hall–Kier alpha value is -1.33. The highest BCUT2D eigenvalue weighted by Crippen LogP contribution is 2.36. The van der Waals surface area contributed by atoms with Gasteiger partial charge in [-0.15, -0.1) is 0 Å². The van der Waals surface area contributed by atoms with Crippen LogP contribution in [-0.4, -0.2) is 36.5 Å². The molecule has 1 saturated heterocycles. The first kappa shape index (κ1) is 15.6. The summed E-state index contributed by atoms with van der Waals surface area (Å²) in [4.78, 5) is 3.45. The minimum Gasteiger partial charge on any atom is -0.358 e. The van der Waals surface area contributed by atoms with Crippen LogP contribution in [-0.2, 0) is 10.0 Å². The van der Waals surface area contributed by atoms with Gasteiger partial charge in [0.2, 0.25) is 10.0 Å². The van der Waals surface area contributed by atoms with Crippen LogP contribution in [0.1, 0.15) is 43.4 Å². The maximum Gasteiger partial charge on any atom is 0.214 e. The third-order valence-corrected chi connectivity index (χ3v) is 6.74. The number of nitrogens with one attached hydrogen (secondary N) is 1. The van der Waals surface area contributed by atoms with Gasteiger partial charge in [-0.1, -0.05) is 25.1 Å². The molecule has 0 radical (unpaired) electrons. The number of rotatable bonds is 4. The first-order valence-corrected chi connectivity index (χ1v) is 9.69. The molecule has 1 aliphatic heterocycles. The average molecular weight is 320 g/mol. The molecule has 5 heteroatoms. The van der Waals surface area contributed by atoms with Crippen molar-refractivity contribution < 1.29 is 8.42 Å². The molecule has 1 N–H and O–H groups in total. The van der Waals surface area contributed by atoms with Crippen molar-refractivity contribution in [3.63, 3.8) is 0 Å². The fraction of sp³-hybridized carbons (Fsp3) is 0.529. The third-order valence-electron chi connectivity index (χ3n) is 4.66. The molecule has 2 aromatic rings. The van der Waals surface area contributed by atoms with Crippen molar-refractivity contribution in [3.05, 3.63) is 35.5 Å². The molecule has 4 nitrogen and oxygen atoms in total. The molecule has 22 heavy (non-hydrogen) atoms. The molecule has 0 bridgehead atoms. The van der Waals surface area contributed by atoms with Gasteiger partial charge in [-0.3, -0.25) is 0 Å². The quantitative estimate of drug-likeness (QED) is 0.939. The van der Waals surface area contributed by atoms with E-state index < -0.39 is 10.0 Å². The molecule has 0 spiro atoms. The Bertz CT molecular complexity index is 756. The number of hydrogen-bond acceptors (Lipinski definition) is 2. The molecular formula is C17H24N2O2S. The zero-order valence-electron chi connectivity index (χ0n) is 13.3. The largest absolute Gasteiger partial charge is 0.358 e. The number of sulfonamides is 1. The lowest BCUT2D eigenvalue weighted by Gasteiger charge is -2.31. The van der Waals surface area contributed by atoms with E-state index in [1.807, 2.05) is 13.0 Å². The number of aromatic amines is 1. The molecule has 0 atom stereocenters. The van der Waals surface area contributed by atoms with Crippen molar-refractivity contribution in [2.45, 2.75) is 39.0 Å². The third kappa shape index (κ3) is 2.79. The van der Waals surface area contributed by atoms with Crippen molar-refractivity contribution in [1.82, 2.24) is 9.29 Å². The molecule has 1 aromatic heterocycles. The van der Waals surface area contributed by atoms with Gasteiger partial charge in [0.05, 0.1) is 5.75 Å². The van der Waals surface area contributed by atoms with Crippen LogP contribution in [0.4, 0.5) is 0 Å². The predicted molar refractivity (Wildman–Crippen MR) is 90.7 cm³/mol. The number of hydrogen-bond donors (Lipinski definition) is 1. The minimum atomic E-state index is -3.05. The van der Waals surface area contributed by atoms with Crippen LogP contribution in [0.2, 0.25) is 0 Å². The lowest BCUT2D eigenvalue weighted by molar-refractivity contribution is 0.320. The lowest BCUT2D eigenvalue weighted by atomic mass is 9.88. The van der Waals surface area contributed by atoms with Gasteiger partial charge in [-0.05, 0) is 43.7 Å². The monoisotopic (exact) mass is 320 g/mol. The minimum absolute atomic E-state index is 0.268. The van der Waals surface area contributed by atoms with E-state index in [0.717, 1.165) is 12.8 Å². The van der Waals surface area contributed by atoms with E-state index in [1.165, 1.54) is 22.2 Å². The number of para-hydroxylation sites is 1. The second-order valence-electron chi connectivity index (χ2n) is 6.20. The highest BCUT2D eigenvalue weighted by Gasteiger charge is 2.29. The summed E-state index contributed by atoms with van der Waals surface area (Å²) in [6.45, 7) is 5.33. The summed E-state index contributed by atoms with van der Waals surface area (Å²) in [6.07, 6.45) is 2.50. The molecule has 120 valence electrons. The molecule has 1 aliphatic rings. The van der Waals surface area contributed by atoms with Gasteiger partial charge >= 0.3 is 0 Å². The zero-order chi connectivity index (χ0) is 15.7. The van der Waals surface area contributed by atoms with Crippen molar-refractivity contribution >= 4 is 20.9 Å². The number of H-pyrrole nitrogens is 1. The van der Waals surface area contributed by atoms with Crippen LogP contribution in [0.15, 0.2) is 24.3 Å². The van der Waals surface area contributed by atoms with E-state index in [2.05, 4.69) is 30.1 Å². The van der Waals surface area contributed by atoms with Crippen molar-refractivity contribution in [2.24, 2.45) is 0 Å². The number of aromatic nitrogens is 1. The Kier molecular flexibility index (Phi) is 4.28. The summed E-state index contributed by atoms with van der Waals surface area (Å²) >= 11 is 0. The highest BCUT2D eigenvalue weighted by atomic mass is 32.2. The predicted octanol–water partition coefficient (Wildman–Crippen LogP) is 3.40. The van der Waals surface area contributed by atoms with Crippen LogP contribution in [0.5, 0.6) is 0 Å². The van der Waals surface area contributed by atoms with Gasteiger partial charge in [0.15, 0.2) is 0 Å². The average Bonchev–Trinajstić information content (AvgIpc) is 2.83. The molecule has 0 saturated carbocycles. The maximum absolute atomic E-state index is 12.2. The van der Waals surface area contributed by atoms with Gasteiger partial charge in [-0.25, -0.2) is 12.7 Å². The zero-order valence-corrected chi connectivity index (χ0v) is 14.1. The Morgan fingerprint density at radius 2 is 1.91 bits per heavy atom. The Morgan fingerprint density at radius 1 is 1.23 bits per heavy atom. The normalized spacial score (nSPS) is 18.1. The number of fused-ring (bicyclic) bond motifs is 1. The van der Waals surface area contributed by atoms with Crippen molar-refractivity contribution in [2.75, 3.05) is 18.8 Å². The van der Waals surface area contributed by atoms with E-state index in [9.17, 15) is 8.42 Å². The van der Waals surface area contributed by atoms with Gasteiger partial charge in [-0.2, -0.15) is 0 Å². The van der Waals surface area contributed by atoms with E-state index in [1.54, 1.807) is 4.31 Å². The van der Waals surface area contributed by atoms with E-state index in [0.29, 0.717) is 25.4 Å². The summed E-state index contributed by atoms with van der Waals surface area (Å²) in [5, 5.41) is 1.29. The van der Waals surface area contributed by atoms with Crippen molar-refractivity contribution in [1.29, 1.82) is 0 Å². The first-order chi connectivity index (χ1) is 10.5. The summed E-state index contributed by atoms with van der Waals surface area (Å²) in [5.41, 5.74) is 3.77. The summed E-state index contributed by atoms with van der Waals surface area (Å²) < 4.78 is 26.0. The smallest absolute Gasteiger partial charge is 0.214 e. The van der Waals surface area contributed by atoms with E-state index >= 15 is 0 Å². The number of aryl methyl sites for hydroxylation is 1. The SMILES string of the molecule is CCCS(=O)(=O)N1CCC(c2c(C)[nH]c3ccccc23)CC1. The standard InChI is InChI=1S/C17H24N2O2S/c1-3-12-22(20,21)19-10-8-14(9-11-19)17-13(2)18-16-7-5-4-6-15(16)17/h4-7,14,18H,3,8-12H2,1-2H3. The summed E-state index contributed by atoms with van der Waals surface area (Å²) in [5.74, 6) is 0.716. The van der Waals surface area contributed by atoms with Crippen LogP contribution in [0, 0.1) is 6.92 Å². The van der Waals surface area contributed by atoms with Crippen LogP contribution < -0.4 is 0 Å². The molecular weight excluding hydrogens is 296 g/mol. The number of piperidine rings is 1. The topological polar surface area (TPSA) is 53.2 Å². The number of benzene rings is 1. The lowest BCUT2D eigenvalue weighted by Crippen LogP contribution is -2.39. The van der Waals surface area contributed by atoms with Gasteiger partial charge in [0, 0.05) is 29.7 Å². The molecule has 0 aliphatic carbocycles. The fourth-order valence-corrected chi connectivity index (χ4v) is 5.18. The van der Waals surface area contributed by atoms with Crippen LogP contribution >= 0.6 is 0 Å². The molecule has 0 unspecified atom stereocenters. The van der Waals surface area contributed by atoms with Crippen LogP contribution in [0.3, 0.4) is 0 Å². The summed E-state index contributed by atoms with van der Waals surface area (Å²) in [7, 11) is -3.05. The Labute approximate surface area is 132 Å².